The van der Waals surface area contributed by atoms with Crippen LogP contribution in [-0.4, -0.2) is 20.4 Å². The fourth-order valence-electron chi connectivity index (χ4n) is 2.05. The van der Waals surface area contributed by atoms with E-state index in [4.69, 9.17) is 5.14 Å². The van der Waals surface area contributed by atoms with Gasteiger partial charge >= 0.3 is 0 Å². The SMILES string of the molecule is Cc1cccc(NC(C)C(=O)Nc2cccc(S(N)(=O)=O)c2)c1. The Labute approximate surface area is 135 Å². The summed E-state index contributed by atoms with van der Waals surface area (Å²) < 4.78 is 22.7. The summed E-state index contributed by atoms with van der Waals surface area (Å²) in [6.07, 6.45) is 0. The van der Waals surface area contributed by atoms with E-state index in [2.05, 4.69) is 10.6 Å². The van der Waals surface area contributed by atoms with E-state index in [1.807, 2.05) is 31.2 Å². The van der Waals surface area contributed by atoms with Gasteiger partial charge in [0.25, 0.3) is 0 Å². The topological polar surface area (TPSA) is 101 Å². The molecule has 1 amide bonds. The third kappa shape index (κ3) is 4.80. The van der Waals surface area contributed by atoms with Gasteiger partial charge in [-0.05, 0) is 49.7 Å². The van der Waals surface area contributed by atoms with Crippen LogP contribution in [0, 0.1) is 6.92 Å². The van der Waals surface area contributed by atoms with Crippen LogP contribution in [0.25, 0.3) is 0 Å². The number of anilines is 2. The minimum absolute atomic E-state index is 0.0467. The zero-order valence-corrected chi connectivity index (χ0v) is 13.7. The van der Waals surface area contributed by atoms with Crippen LogP contribution in [0.1, 0.15) is 12.5 Å². The molecule has 0 saturated carbocycles. The van der Waals surface area contributed by atoms with Crippen molar-refractivity contribution in [3.05, 3.63) is 54.1 Å². The van der Waals surface area contributed by atoms with E-state index >= 15 is 0 Å². The van der Waals surface area contributed by atoms with Crippen molar-refractivity contribution in [1.29, 1.82) is 0 Å². The molecule has 6 nitrogen and oxygen atoms in total. The summed E-state index contributed by atoms with van der Waals surface area (Å²) in [7, 11) is -3.80. The highest BCUT2D eigenvalue weighted by atomic mass is 32.2. The quantitative estimate of drug-likeness (QED) is 0.779. The Balaban J connectivity index is 2.07. The van der Waals surface area contributed by atoms with Crippen LogP contribution in [0.5, 0.6) is 0 Å². The first-order valence-corrected chi connectivity index (χ1v) is 8.57. The number of primary sulfonamides is 1. The molecule has 0 aliphatic carbocycles. The summed E-state index contributed by atoms with van der Waals surface area (Å²) in [6, 6.07) is 13.0. The maximum atomic E-state index is 12.2. The van der Waals surface area contributed by atoms with Crippen LogP contribution in [0.2, 0.25) is 0 Å². The van der Waals surface area contributed by atoms with E-state index < -0.39 is 16.1 Å². The first kappa shape index (κ1) is 17.0. The Morgan fingerprint density at radius 3 is 2.39 bits per heavy atom. The Morgan fingerprint density at radius 2 is 1.74 bits per heavy atom. The van der Waals surface area contributed by atoms with Crippen LogP contribution in [-0.2, 0) is 14.8 Å². The molecule has 2 aromatic carbocycles. The number of sulfonamides is 1. The van der Waals surface area contributed by atoms with Gasteiger partial charge in [0.1, 0.15) is 6.04 Å². The summed E-state index contributed by atoms with van der Waals surface area (Å²) in [6.45, 7) is 3.69. The van der Waals surface area contributed by atoms with E-state index in [1.165, 1.54) is 18.2 Å². The van der Waals surface area contributed by atoms with Gasteiger partial charge in [-0.1, -0.05) is 18.2 Å². The second-order valence-corrected chi connectivity index (χ2v) is 6.86. The number of nitrogens with one attached hydrogen (secondary N) is 2. The van der Waals surface area contributed by atoms with Crippen molar-refractivity contribution in [2.24, 2.45) is 5.14 Å². The fourth-order valence-corrected chi connectivity index (χ4v) is 2.61. The lowest BCUT2D eigenvalue weighted by molar-refractivity contribution is -0.116. The molecule has 0 radical (unpaired) electrons. The van der Waals surface area contributed by atoms with Crippen molar-refractivity contribution in [2.75, 3.05) is 10.6 Å². The number of amides is 1. The maximum absolute atomic E-state index is 12.2. The third-order valence-electron chi connectivity index (χ3n) is 3.22. The van der Waals surface area contributed by atoms with Gasteiger partial charge in [0.05, 0.1) is 4.90 Å². The number of carbonyl (C=O) groups excluding carboxylic acids is 1. The number of hydrogen-bond acceptors (Lipinski definition) is 4. The maximum Gasteiger partial charge on any atom is 0.246 e. The highest BCUT2D eigenvalue weighted by Gasteiger charge is 2.14. The first-order valence-electron chi connectivity index (χ1n) is 7.02. The van der Waals surface area contributed by atoms with E-state index in [0.717, 1.165) is 11.3 Å². The summed E-state index contributed by atoms with van der Waals surface area (Å²) in [5.41, 5.74) is 2.30. The lowest BCUT2D eigenvalue weighted by Gasteiger charge is -2.16. The van der Waals surface area contributed by atoms with Gasteiger partial charge in [0, 0.05) is 11.4 Å². The van der Waals surface area contributed by atoms with E-state index in [9.17, 15) is 13.2 Å². The standard InChI is InChI=1S/C16H19N3O3S/c1-11-5-3-6-13(9-11)18-12(2)16(20)19-14-7-4-8-15(10-14)23(17,21)22/h3-10,12,18H,1-2H3,(H,19,20)(H2,17,21,22). The van der Waals surface area contributed by atoms with Gasteiger partial charge in [-0.2, -0.15) is 0 Å². The van der Waals surface area contributed by atoms with Crippen molar-refractivity contribution >= 4 is 27.3 Å². The van der Waals surface area contributed by atoms with Crippen molar-refractivity contribution in [3.63, 3.8) is 0 Å². The average Bonchev–Trinajstić information content (AvgIpc) is 2.46. The average molecular weight is 333 g/mol. The molecule has 0 aromatic heterocycles. The molecule has 0 spiro atoms. The van der Waals surface area contributed by atoms with Crippen molar-refractivity contribution in [2.45, 2.75) is 24.8 Å². The van der Waals surface area contributed by atoms with Gasteiger partial charge in [-0.3, -0.25) is 4.79 Å². The number of benzene rings is 2. The lowest BCUT2D eigenvalue weighted by atomic mass is 10.2. The number of hydrogen-bond donors (Lipinski definition) is 3. The van der Waals surface area contributed by atoms with Crippen LogP contribution < -0.4 is 15.8 Å². The van der Waals surface area contributed by atoms with Gasteiger partial charge in [-0.25, -0.2) is 13.6 Å². The molecule has 7 heteroatoms. The molecule has 23 heavy (non-hydrogen) atoms. The van der Waals surface area contributed by atoms with Crippen molar-refractivity contribution in [1.82, 2.24) is 0 Å². The monoisotopic (exact) mass is 333 g/mol. The molecular formula is C16H19N3O3S. The van der Waals surface area contributed by atoms with Gasteiger partial charge in [-0.15, -0.1) is 0 Å². The Kier molecular flexibility index (Phi) is 5.02. The number of aryl methyl sites for hydroxylation is 1. The zero-order valence-electron chi connectivity index (χ0n) is 12.9. The summed E-state index contributed by atoms with van der Waals surface area (Å²) in [4.78, 5) is 12.2. The number of nitrogens with two attached hydrogens (primary N) is 1. The highest BCUT2D eigenvalue weighted by molar-refractivity contribution is 7.89. The molecule has 0 heterocycles. The summed E-state index contributed by atoms with van der Waals surface area (Å²) >= 11 is 0. The smallest absolute Gasteiger partial charge is 0.246 e. The molecular weight excluding hydrogens is 314 g/mol. The van der Waals surface area contributed by atoms with Gasteiger partial charge in [0.2, 0.25) is 15.9 Å². The summed E-state index contributed by atoms with van der Waals surface area (Å²) in [5.74, 6) is -0.280. The molecule has 0 aliphatic heterocycles. The molecule has 4 N–H and O–H groups in total. The molecule has 1 unspecified atom stereocenters. The van der Waals surface area contributed by atoms with E-state index in [-0.39, 0.29) is 10.8 Å². The van der Waals surface area contributed by atoms with Crippen LogP contribution in [0.15, 0.2) is 53.4 Å². The Bertz CT molecular complexity index is 819. The Hall–Kier alpha value is -2.38. The molecule has 2 aromatic rings. The molecule has 122 valence electrons. The molecule has 1 atom stereocenters. The molecule has 0 fully saturated rings. The van der Waals surface area contributed by atoms with Crippen LogP contribution in [0.4, 0.5) is 11.4 Å². The largest absolute Gasteiger partial charge is 0.374 e. The van der Waals surface area contributed by atoms with E-state index in [0.29, 0.717) is 5.69 Å². The second-order valence-electron chi connectivity index (χ2n) is 5.30. The normalized spacial score (nSPS) is 12.5. The molecule has 0 saturated heterocycles. The minimum Gasteiger partial charge on any atom is -0.374 e. The highest BCUT2D eigenvalue weighted by Crippen LogP contribution is 2.15. The first-order chi connectivity index (χ1) is 10.8. The van der Waals surface area contributed by atoms with Gasteiger partial charge in [0.15, 0.2) is 0 Å². The van der Waals surface area contributed by atoms with Crippen molar-refractivity contribution in [3.8, 4) is 0 Å². The van der Waals surface area contributed by atoms with Crippen LogP contribution >= 0.6 is 0 Å². The Morgan fingerprint density at radius 1 is 1.09 bits per heavy atom. The molecule has 0 aliphatic rings. The summed E-state index contributed by atoms with van der Waals surface area (Å²) in [5, 5.41) is 10.8. The number of rotatable bonds is 5. The molecule has 0 bridgehead atoms. The van der Waals surface area contributed by atoms with Crippen molar-refractivity contribution < 1.29 is 13.2 Å². The van der Waals surface area contributed by atoms with E-state index in [1.54, 1.807) is 13.0 Å². The number of carbonyl (C=O) groups is 1. The fraction of sp³-hybridized carbons (Fsp3) is 0.188. The third-order valence-corrected chi connectivity index (χ3v) is 4.14. The van der Waals surface area contributed by atoms with Gasteiger partial charge < -0.3 is 10.6 Å². The zero-order chi connectivity index (χ0) is 17.0. The second kappa shape index (κ2) is 6.80. The minimum atomic E-state index is -3.80. The predicted octanol–water partition coefficient (Wildman–Crippen LogP) is 2.08. The molecule has 2 rings (SSSR count). The predicted molar refractivity (Wildman–Crippen MR) is 90.7 cm³/mol. The lowest BCUT2D eigenvalue weighted by Crippen LogP contribution is -2.31. The van der Waals surface area contributed by atoms with Crippen LogP contribution in [0.3, 0.4) is 0 Å².